The second-order valence-corrected chi connectivity index (χ2v) is 8.19. The molecular weight excluding hydrogens is 474 g/mol. The van der Waals surface area contributed by atoms with Crippen molar-refractivity contribution in [1.29, 1.82) is 0 Å². The highest BCUT2D eigenvalue weighted by Gasteiger charge is 2.21. The summed E-state index contributed by atoms with van der Waals surface area (Å²) in [5.41, 5.74) is 6.97. The maximum atomic E-state index is 14.6. The molecule has 0 saturated heterocycles. The molecule has 2 aromatic heterocycles. The molecule has 9 heteroatoms. The van der Waals surface area contributed by atoms with Crippen LogP contribution in [-0.2, 0) is 0 Å². The van der Waals surface area contributed by atoms with Crippen molar-refractivity contribution < 1.29 is 8.78 Å². The molecule has 0 spiro atoms. The number of nitrogens with one attached hydrogen (secondary N) is 1. The van der Waals surface area contributed by atoms with Gasteiger partial charge in [0, 0.05) is 5.56 Å². The Balaban J connectivity index is 1.64. The molecule has 5 aromatic rings. The van der Waals surface area contributed by atoms with Gasteiger partial charge in [-0.05, 0) is 49.4 Å². The maximum absolute atomic E-state index is 14.6. The molecule has 3 aromatic carbocycles. The monoisotopic (exact) mass is 494 g/mol. The molecule has 0 fully saturated rings. The minimum Gasteiger partial charge on any atom is -0.382 e. The highest BCUT2D eigenvalue weighted by atomic mass is 19.1. The Labute approximate surface area is 210 Å². The molecule has 7 nitrogen and oxygen atoms in total. The molecule has 182 valence electrons. The summed E-state index contributed by atoms with van der Waals surface area (Å²) < 4.78 is 29.9. The highest BCUT2D eigenvalue weighted by Crippen LogP contribution is 2.25. The van der Waals surface area contributed by atoms with Crippen LogP contribution in [0.5, 0.6) is 0 Å². The van der Waals surface area contributed by atoms with Gasteiger partial charge in [0.2, 0.25) is 0 Å². The summed E-state index contributed by atoms with van der Waals surface area (Å²) in [6.45, 7) is 1.75. The van der Waals surface area contributed by atoms with Crippen molar-refractivity contribution in [3.05, 3.63) is 118 Å². The summed E-state index contributed by atoms with van der Waals surface area (Å²) in [4.78, 5) is 26.4. The normalized spacial score (nSPS) is 11.5. The van der Waals surface area contributed by atoms with E-state index >= 15 is 0 Å². The summed E-state index contributed by atoms with van der Waals surface area (Å²) in [5.74, 6) is 5.49. The second-order valence-electron chi connectivity index (χ2n) is 8.19. The first-order chi connectivity index (χ1) is 17.9. The summed E-state index contributed by atoms with van der Waals surface area (Å²) in [6.07, 6.45) is 1.29. The number of nitrogens with zero attached hydrogens (tertiary/aromatic N) is 4. The van der Waals surface area contributed by atoms with Gasteiger partial charge in [0.05, 0.1) is 17.2 Å². The Hall–Kier alpha value is -5.10. The largest absolute Gasteiger partial charge is 0.382 e. The van der Waals surface area contributed by atoms with E-state index in [2.05, 4.69) is 32.1 Å². The van der Waals surface area contributed by atoms with Gasteiger partial charge in [0.1, 0.15) is 46.4 Å². The Morgan fingerprint density at radius 3 is 2.54 bits per heavy atom. The van der Waals surface area contributed by atoms with Crippen molar-refractivity contribution in [3.63, 3.8) is 0 Å². The minimum absolute atomic E-state index is 0.171. The van der Waals surface area contributed by atoms with Crippen molar-refractivity contribution in [2.75, 3.05) is 11.1 Å². The zero-order chi connectivity index (χ0) is 25.9. The van der Waals surface area contributed by atoms with Gasteiger partial charge in [-0.1, -0.05) is 42.2 Å². The van der Waals surface area contributed by atoms with Crippen molar-refractivity contribution in [2.24, 2.45) is 0 Å². The van der Waals surface area contributed by atoms with Gasteiger partial charge in [-0.3, -0.25) is 9.36 Å². The number of hydrogen-bond acceptors (Lipinski definition) is 6. The number of nitrogen functional groups attached to an aromatic ring is 1. The number of anilines is 2. The van der Waals surface area contributed by atoms with Crippen LogP contribution in [-0.4, -0.2) is 19.5 Å². The predicted molar refractivity (Wildman–Crippen MR) is 138 cm³/mol. The third-order valence-corrected chi connectivity index (χ3v) is 5.66. The molecule has 3 N–H and O–H groups in total. The van der Waals surface area contributed by atoms with E-state index in [-0.39, 0.29) is 28.2 Å². The van der Waals surface area contributed by atoms with Crippen LogP contribution in [0, 0.1) is 23.5 Å². The molecule has 0 radical (unpaired) electrons. The lowest BCUT2D eigenvalue weighted by Gasteiger charge is -2.21. The lowest BCUT2D eigenvalue weighted by molar-refractivity contribution is 0.623. The summed E-state index contributed by atoms with van der Waals surface area (Å²) >= 11 is 0. The van der Waals surface area contributed by atoms with Crippen molar-refractivity contribution >= 4 is 22.5 Å². The first kappa shape index (κ1) is 23.6. The van der Waals surface area contributed by atoms with Gasteiger partial charge in [-0.2, -0.15) is 0 Å². The SMILES string of the molecule is CC(Nc1ncnc(N)c1C#Cc1ccccc1)c1nc2cccc(F)c2c(=O)n1-c1cccc(F)c1. The summed E-state index contributed by atoms with van der Waals surface area (Å²) in [7, 11) is 0. The lowest BCUT2D eigenvalue weighted by atomic mass is 10.1. The molecule has 0 aliphatic heterocycles. The third kappa shape index (κ3) is 4.73. The smallest absolute Gasteiger partial charge is 0.269 e. The number of benzene rings is 3. The maximum Gasteiger partial charge on any atom is 0.269 e. The Morgan fingerprint density at radius 2 is 1.76 bits per heavy atom. The quantitative estimate of drug-likeness (QED) is 0.354. The van der Waals surface area contributed by atoms with Crippen molar-refractivity contribution in [1.82, 2.24) is 19.5 Å². The zero-order valence-electron chi connectivity index (χ0n) is 19.6. The van der Waals surface area contributed by atoms with Gasteiger partial charge >= 0.3 is 0 Å². The van der Waals surface area contributed by atoms with E-state index in [0.29, 0.717) is 11.4 Å². The van der Waals surface area contributed by atoms with E-state index in [4.69, 9.17) is 5.73 Å². The second kappa shape index (κ2) is 9.87. The standard InChI is InChI=1S/C28H20F2N6O/c1-17(34-26-21(25(31)32-16-33-26)14-13-18-7-3-2-4-8-18)27-35-23-12-6-11-22(30)24(23)28(37)36(27)20-10-5-9-19(29)15-20/h2-12,15-17H,1H3,(H3,31,32,33,34). The average molecular weight is 495 g/mol. The van der Waals surface area contributed by atoms with Crippen LogP contribution in [0.3, 0.4) is 0 Å². The fourth-order valence-electron chi connectivity index (χ4n) is 3.92. The number of fused-ring (bicyclic) bond motifs is 1. The van der Waals surface area contributed by atoms with Crippen molar-refractivity contribution in [2.45, 2.75) is 13.0 Å². The number of nitrogens with two attached hydrogens (primary N) is 1. The van der Waals surface area contributed by atoms with E-state index < -0.39 is 23.2 Å². The predicted octanol–water partition coefficient (Wildman–Crippen LogP) is 4.61. The van der Waals surface area contributed by atoms with Gasteiger partial charge in [-0.25, -0.2) is 23.7 Å². The molecule has 37 heavy (non-hydrogen) atoms. The lowest BCUT2D eigenvalue weighted by Crippen LogP contribution is -2.28. The van der Waals surface area contributed by atoms with E-state index in [1.807, 2.05) is 30.3 Å². The van der Waals surface area contributed by atoms with Gasteiger partial charge in [-0.15, -0.1) is 0 Å². The molecular formula is C28H20F2N6O. The van der Waals surface area contributed by atoms with E-state index in [1.165, 1.54) is 41.2 Å². The van der Waals surface area contributed by atoms with Crippen LogP contribution >= 0.6 is 0 Å². The van der Waals surface area contributed by atoms with E-state index in [1.54, 1.807) is 19.1 Å². The number of rotatable bonds is 4. The minimum atomic E-state index is -0.714. The molecule has 1 unspecified atom stereocenters. The van der Waals surface area contributed by atoms with Crippen LogP contribution < -0.4 is 16.6 Å². The fraction of sp³-hybridized carbons (Fsp3) is 0.0714. The van der Waals surface area contributed by atoms with Crippen LogP contribution in [0.1, 0.15) is 29.9 Å². The Kier molecular flexibility index (Phi) is 6.31. The first-order valence-corrected chi connectivity index (χ1v) is 11.3. The van der Waals surface area contributed by atoms with Crippen LogP contribution in [0.15, 0.2) is 83.9 Å². The molecule has 2 heterocycles. The summed E-state index contributed by atoms with van der Waals surface area (Å²) in [6, 6.07) is 18.4. The van der Waals surface area contributed by atoms with Gasteiger partial charge in [0.25, 0.3) is 5.56 Å². The molecule has 0 bridgehead atoms. The van der Waals surface area contributed by atoms with Gasteiger partial charge in [0.15, 0.2) is 0 Å². The van der Waals surface area contributed by atoms with Crippen LogP contribution in [0.4, 0.5) is 20.4 Å². The number of hydrogen-bond donors (Lipinski definition) is 2. The third-order valence-electron chi connectivity index (χ3n) is 5.66. The Bertz CT molecular complexity index is 1740. The topological polar surface area (TPSA) is 98.7 Å². The molecule has 0 aliphatic rings. The summed E-state index contributed by atoms with van der Waals surface area (Å²) in [5, 5.41) is 3.00. The van der Waals surface area contributed by atoms with Crippen LogP contribution in [0.25, 0.3) is 16.6 Å². The Morgan fingerprint density at radius 1 is 0.973 bits per heavy atom. The van der Waals surface area contributed by atoms with E-state index in [0.717, 1.165) is 5.56 Å². The van der Waals surface area contributed by atoms with Crippen molar-refractivity contribution in [3.8, 4) is 17.5 Å². The van der Waals surface area contributed by atoms with Crippen LogP contribution in [0.2, 0.25) is 0 Å². The fourth-order valence-corrected chi connectivity index (χ4v) is 3.92. The van der Waals surface area contributed by atoms with E-state index in [9.17, 15) is 13.6 Å². The highest BCUT2D eigenvalue weighted by molar-refractivity contribution is 5.79. The molecule has 0 aliphatic carbocycles. The number of halogens is 2. The molecule has 0 saturated carbocycles. The molecule has 0 amide bonds. The molecule has 5 rings (SSSR count). The number of aromatic nitrogens is 4. The zero-order valence-corrected chi connectivity index (χ0v) is 19.6. The first-order valence-electron chi connectivity index (χ1n) is 11.3. The average Bonchev–Trinajstić information content (AvgIpc) is 2.88. The molecule has 1 atom stereocenters. The van der Waals surface area contributed by atoms with Gasteiger partial charge < -0.3 is 11.1 Å².